The van der Waals surface area contributed by atoms with E-state index in [1.165, 1.54) is 16.7 Å². The van der Waals surface area contributed by atoms with Crippen LogP contribution in [-0.4, -0.2) is 6.61 Å². The monoisotopic (exact) mass is 453 g/mol. The molecule has 1 N–H and O–H groups in total. The molecule has 3 rings (SSSR count). The van der Waals surface area contributed by atoms with E-state index in [-0.39, 0.29) is 0 Å². The van der Waals surface area contributed by atoms with Crippen molar-refractivity contribution in [2.45, 2.75) is 40.5 Å². The zero-order chi connectivity index (χ0) is 20.6. The van der Waals surface area contributed by atoms with Gasteiger partial charge < -0.3 is 14.8 Å². The Morgan fingerprint density at radius 3 is 2.28 bits per heavy atom. The molecule has 0 heterocycles. The lowest BCUT2D eigenvalue weighted by Gasteiger charge is -2.16. The molecule has 0 saturated carbocycles. The SMILES string of the molecule is CCOc1cc(CNCc2ccc(C)cc2)c(Br)cc1OCc1cccc(C)c1. The lowest BCUT2D eigenvalue weighted by atomic mass is 10.1. The van der Waals surface area contributed by atoms with Crippen molar-refractivity contribution in [1.29, 1.82) is 0 Å². The fourth-order valence-corrected chi connectivity index (χ4v) is 3.57. The molecule has 0 aliphatic rings. The standard InChI is InChI=1S/C25H28BrNO2/c1-4-28-24-13-22(16-27-15-20-10-8-18(2)9-11-20)23(26)14-25(24)29-17-21-7-5-6-19(3)12-21/h5-14,27H,4,15-17H2,1-3H3. The van der Waals surface area contributed by atoms with Crippen molar-refractivity contribution < 1.29 is 9.47 Å². The maximum absolute atomic E-state index is 6.08. The van der Waals surface area contributed by atoms with Crippen molar-refractivity contribution >= 4 is 15.9 Å². The van der Waals surface area contributed by atoms with Crippen molar-refractivity contribution in [1.82, 2.24) is 5.32 Å². The van der Waals surface area contributed by atoms with E-state index in [1.54, 1.807) is 0 Å². The highest BCUT2D eigenvalue weighted by Gasteiger charge is 2.11. The number of hydrogen-bond donors (Lipinski definition) is 1. The molecule has 0 aliphatic heterocycles. The average molecular weight is 454 g/mol. The number of ether oxygens (including phenoxy) is 2. The second-order valence-corrected chi connectivity index (χ2v) is 8.04. The Hall–Kier alpha value is -2.30. The van der Waals surface area contributed by atoms with Gasteiger partial charge in [0.25, 0.3) is 0 Å². The average Bonchev–Trinajstić information content (AvgIpc) is 2.70. The molecule has 0 spiro atoms. The summed E-state index contributed by atoms with van der Waals surface area (Å²) in [6, 6.07) is 21.0. The fraction of sp³-hybridized carbons (Fsp3) is 0.280. The Labute approximate surface area is 182 Å². The largest absolute Gasteiger partial charge is 0.490 e. The molecule has 3 aromatic carbocycles. The Bertz CT molecular complexity index is 938. The molecule has 0 amide bonds. The highest BCUT2D eigenvalue weighted by atomic mass is 79.9. The minimum atomic E-state index is 0.513. The molecule has 3 nitrogen and oxygen atoms in total. The third-order valence-electron chi connectivity index (χ3n) is 4.65. The number of rotatable bonds is 9. The van der Waals surface area contributed by atoms with Crippen molar-refractivity contribution in [3.8, 4) is 11.5 Å². The number of nitrogens with one attached hydrogen (secondary N) is 1. The summed E-state index contributed by atoms with van der Waals surface area (Å²) in [5, 5.41) is 3.50. The van der Waals surface area contributed by atoms with Gasteiger partial charge in [-0.1, -0.05) is 75.6 Å². The van der Waals surface area contributed by atoms with Crippen LogP contribution in [0.3, 0.4) is 0 Å². The first-order valence-corrected chi connectivity index (χ1v) is 10.7. The molecule has 0 aromatic heterocycles. The second-order valence-electron chi connectivity index (χ2n) is 7.19. The van der Waals surface area contributed by atoms with Crippen LogP contribution in [0.1, 0.15) is 34.7 Å². The molecular formula is C25H28BrNO2. The summed E-state index contributed by atoms with van der Waals surface area (Å²) in [5.74, 6) is 1.53. The van der Waals surface area contributed by atoms with Gasteiger partial charge in [0.2, 0.25) is 0 Å². The fourth-order valence-electron chi connectivity index (χ4n) is 3.10. The smallest absolute Gasteiger partial charge is 0.162 e. The molecule has 0 radical (unpaired) electrons. The van der Waals surface area contributed by atoms with Gasteiger partial charge in [-0.3, -0.25) is 0 Å². The summed E-state index contributed by atoms with van der Waals surface area (Å²) in [6.07, 6.45) is 0. The summed E-state index contributed by atoms with van der Waals surface area (Å²) < 4.78 is 12.9. The summed E-state index contributed by atoms with van der Waals surface area (Å²) in [4.78, 5) is 0. The van der Waals surface area contributed by atoms with Gasteiger partial charge >= 0.3 is 0 Å². The maximum atomic E-state index is 6.08. The normalized spacial score (nSPS) is 10.8. The first kappa shape index (κ1) is 21.4. The van der Waals surface area contributed by atoms with Crippen LogP contribution in [0.4, 0.5) is 0 Å². The quantitative estimate of drug-likeness (QED) is 0.410. The molecule has 0 atom stereocenters. The van der Waals surface area contributed by atoms with E-state index in [4.69, 9.17) is 9.47 Å². The highest BCUT2D eigenvalue weighted by Crippen LogP contribution is 2.34. The molecule has 3 aromatic rings. The van der Waals surface area contributed by atoms with Crippen LogP contribution in [0.2, 0.25) is 0 Å². The molecule has 4 heteroatoms. The highest BCUT2D eigenvalue weighted by molar-refractivity contribution is 9.10. The van der Waals surface area contributed by atoms with Crippen molar-refractivity contribution in [2.24, 2.45) is 0 Å². The zero-order valence-electron chi connectivity index (χ0n) is 17.3. The maximum Gasteiger partial charge on any atom is 0.162 e. The first-order valence-electron chi connectivity index (χ1n) is 9.95. The Balaban J connectivity index is 1.67. The van der Waals surface area contributed by atoms with Gasteiger partial charge in [0.05, 0.1) is 6.61 Å². The van der Waals surface area contributed by atoms with Crippen LogP contribution in [0.5, 0.6) is 11.5 Å². The van der Waals surface area contributed by atoms with E-state index in [9.17, 15) is 0 Å². The van der Waals surface area contributed by atoms with Gasteiger partial charge in [-0.15, -0.1) is 0 Å². The number of halogens is 1. The van der Waals surface area contributed by atoms with Crippen LogP contribution < -0.4 is 14.8 Å². The lowest BCUT2D eigenvalue weighted by molar-refractivity contribution is 0.268. The van der Waals surface area contributed by atoms with Crippen LogP contribution in [0, 0.1) is 13.8 Å². The molecule has 0 bridgehead atoms. The second kappa shape index (κ2) is 10.5. The molecule has 0 aliphatic carbocycles. The third-order valence-corrected chi connectivity index (χ3v) is 5.39. The summed E-state index contributed by atoms with van der Waals surface area (Å²) in [5.41, 5.74) is 6.07. The molecular weight excluding hydrogens is 426 g/mol. The number of aryl methyl sites for hydroxylation is 2. The van der Waals surface area contributed by atoms with Crippen molar-refractivity contribution in [3.05, 3.63) is 93.0 Å². The van der Waals surface area contributed by atoms with Crippen molar-refractivity contribution in [3.63, 3.8) is 0 Å². The summed E-state index contributed by atoms with van der Waals surface area (Å²) >= 11 is 3.69. The molecule has 0 saturated heterocycles. The number of hydrogen-bond acceptors (Lipinski definition) is 3. The Morgan fingerprint density at radius 1 is 0.793 bits per heavy atom. The van der Waals surface area contributed by atoms with Crippen LogP contribution in [0.15, 0.2) is 65.1 Å². The van der Waals surface area contributed by atoms with Gasteiger partial charge in [-0.25, -0.2) is 0 Å². The van der Waals surface area contributed by atoms with E-state index in [0.717, 1.165) is 40.2 Å². The van der Waals surface area contributed by atoms with Crippen molar-refractivity contribution in [2.75, 3.05) is 6.61 Å². The summed E-state index contributed by atoms with van der Waals surface area (Å²) in [6.45, 7) is 8.85. The molecule has 152 valence electrons. The predicted octanol–water partition coefficient (Wildman–Crippen LogP) is 6.33. The molecule has 29 heavy (non-hydrogen) atoms. The predicted molar refractivity (Wildman–Crippen MR) is 123 cm³/mol. The van der Waals surface area contributed by atoms with Gasteiger partial charge in [-0.2, -0.15) is 0 Å². The Morgan fingerprint density at radius 2 is 1.55 bits per heavy atom. The number of benzene rings is 3. The van der Waals surface area contributed by atoms with E-state index in [2.05, 4.69) is 89.7 Å². The van der Waals surface area contributed by atoms with Crippen LogP contribution in [-0.2, 0) is 19.7 Å². The van der Waals surface area contributed by atoms with Crippen LogP contribution in [0.25, 0.3) is 0 Å². The van der Waals surface area contributed by atoms with E-state index in [0.29, 0.717) is 13.2 Å². The molecule has 0 unspecified atom stereocenters. The van der Waals surface area contributed by atoms with Gasteiger partial charge in [0, 0.05) is 17.6 Å². The Kier molecular flexibility index (Phi) is 7.73. The van der Waals surface area contributed by atoms with E-state index in [1.807, 2.05) is 13.0 Å². The lowest BCUT2D eigenvalue weighted by Crippen LogP contribution is -2.13. The minimum absolute atomic E-state index is 0.513. The zero-order valence-corrected chi connectivity index (χ0v) is 18.9. The van der Waals surface area contributed by atoms with Gasteiger partial charge in [-0.05, 0) is 49.6 Å². The first-order chi connectivity index (χ1) is 14.0. The van der Waals surface area contributed by atoms with E-state index >= 15 is 0 Å². The molecule has 0 fully saturated rings. The summed E-state index contributed by atoms with van der Waals surface area (Å²) in [7, 11) is 0. The van der Waals surface area contributed by atoms with E-state index < -0.39 is 0 Å². The third kappa shape index (κ3) is 6.34. The van der Waals surface area contributed by atoms with Gasteiger partial charge in [0.1, 0.15) is 6.61 Å². The topological polar surface area (TPSA) is 30.5 Å². The minimum Gasteiger partial charge on any atom is -0.490 e. The van der Waals surface area contributed by atoms with Crippen LogP contribution >= 0.6 is 15.9 Å². The van der Waals surface area contributed by atoms with Gasteiger partial charge in [0.15, 0.2) is 11.5 Å².